The Balaban J connectivity index is 1.71. The first-order chi connectivity index (χ1) is 15.7. The highest BCUT2D eigenvalue weighted by Crippen LogP contribution is 2.31. The van der Waals surface area contributed by atoms with Gasteiger partial charge in [-0.25, -0.2) is 9.67 Å². The van der Waals surface area contributed by atoms with Gasteiger partial charge in [0.2, 0.25) is 5.91 Å². The monoisotopic (exact) mass is 461 g/mol. The number of aryl methyl sites for hydroxylation is 1. The first kappa shape index (κ1) is 22.7. The number of rotatable bonds is 6. The van der Waals surface area contributed by atoms with Crippen LogP contribution in [0.4, 0.5) is 5.69 Å². The quantitative estimate of drug-likeness (QED) is 0.397. The van der Waals surface area contributed by atoms with Crippen LogP contribution in [0.5, 0.6) is 0 Å². The third-order valence-electron chi connectivity index (χ3n) is 5.35. The molecule has 1 unspecified atom stereocenters. The van der Waals surface area contributed by atoms with E-state index in [1.54, 1.807) is 17.5 Å². The molecule has 8 heteroatoms. The van der Waals surface area contributed by atoms with Gasteiger partial charge in [-0.1, -0.05) is 12.1 Å². The lowest BCUT2D eigenvalue weighted by Gasteiger charge is -2.16. The van der Waals surface area contributed by atoms with Crippen molar-refractivity contribution in [3.63, 3.8) is 0 Å². The van der Waals surface area contributed by atoms with Gasteiger partial charge in [-0.05, 0) is 63.6 Å². The molecule has 170 valence electrons. The second kappa shape index (κ2) is 9.15. The van der Waals surface area contributed by atoms with Crippen molar-refractivity contribution in [1.82, 2.24) is 20.1 Å². The van der Waals surface area contributed by atoms with E-state index >= 15 is 0 Å². The van der Waals surface area contributed by atoms with E-state index in [2.05, 4.69) is 28.7 Å². The summed E-state index contributed by atoms with van der Waals surface area (Å²) in [5, 5.41) is 11.1. The van der Waals surface area contributed by atoms with Gasteiger partial charge in [-0.15, -0.1) is 11.3 Å². The van der Waals surface area contributed by atoms with Crippen LogP contribution in [0.2, 0.25) is 0 Å². The first-order valence-electron chi connectivity index (χ1n) is 10.9. The summed E-state index contributed by atoms with van der Waals surface area (Å²) in [5.74, 6) is -0.334. The molecule has 2 amide bonds. The van der Waals surface area contributed by atoms with Crippen LogP contribution in [0.1, 0.15) is 60.6 Å². The van der Waals surface area contributed by atoms with Crippen molar-refractivity contribution in [2.24, 2.45) is 0 Å². The Labute approximate surface area is 196 Å². The van der Waals surface area contributed by atoms with Gasteiger partial charge in [0.15, 0.2) is 5.65 Å². The highest BCUT2D eigenvalue weighted by atomic mass is 32.1. The fourth-order valence-electron chi connectivity index (χ4n) is 3.73. The summed E-state index contributed by atoms with van der Waals surface area (Å²) in [7, 11) is 0. The number of hydrogen-bond acceptors (Lipinski definition) is 5. The van der Waals surface area contributed by atoms with Crippen molar-refractivity contribution >= 4 is 39.9 Å². The van der Waals surface area contributed by atoms with E-state index in [9.17, 15) is 9.59 Å². The fraction of sp³-hybridized carbons (Fsp3) is 0.280. The Morgan fingerprint density at radius 3 is 2.55 bits per heavy atom. The van der Waals surface area contributed by atoms with Gasteiger partial charge in [0, 0.05) is 23.5 Å². The average Bonchev–Trinajstić information content (AvgIpc) is 3.39. The molecule has 0 aliphatic heterocycles. The summed E-state index contributed by atoms with van der Waals surface area (Å²) in [5.41, 5.74) is 3.58. The maximum absolute atomic E-state index is 13.4. The van der Waals surface area contributed by atoms with Crippen LogP contribution in [0.15, 0.2) is 48.7 Å². The molecule has 7 nitrogen and oxygen atoms in total. The summed E-state index contributed by atoms with van der Waals surface area (Å²) in [4.78, 5) is 31.9. The molecular formula is C25H27N5O2S. The lowest BCUT2D eigenvalue weighted by molar-refractivity contribution is -0.114. The lowest BCUT2D eigenvalue weighted by Crippen LogP contribution is -2.27. The number of carbonyl (C=O) groups is 2. The van der Waals surface area contributed by atoms with E-state index in [-0.39, 0.29) is 23.9 Å². The van der Waals surface area contributed by atoms with Gasteiger partial charge in [0.05, 0.1) is 33.8 Å². The maximum Gasteiger partial charge on any atom is 0.252 e. The number of amides is 2. The Kier molecular flexibility index (Phi) is 6.29. The lowest BCUT2D eigenvalue weighted by atomic mass is 10.1. The molecule has 0 spiro atoms. The molecule has 0 saturated carbocycles. The third-order valence-corrected chi connectivity index (χ3v) is 6.37. The van der Waals surface area contributed by atoms with E-state index in [4.69, 9.17) is 4.98 Å². The van der Waals surface area contributed by atoms with Crippen molar-refractivity contribution in [2.75, 3.05) is 5.32 Å². The molecule has 0 aliphatic rings. The van der Waals surface area contributed by atoms with Gasteiger partial charge in [-0.3, -0.25) is 9.59 Å². The van der Waals surface area contributed by atoms with Gasteiger partial charge in [-0.2, -0.15) is 5.10 Å². The molecule has 4 rings (SSSR count). The molecule has 2 N–H and O–H groups in total. The molecule has 3 heterocycles. The Morgan fingerprint density at radius 1 is 1.09 bits per heavy atom. The fourth-order valence-corrected chi connectivity index (χ4v) is 4.56. The molecule has 1 atom stereocenters. The average molecular weight is 462 g/mol. The van der Waals surface area contributed by atoms with Crippen LogP contribution in [-0.2, 0) is 4.79 Å². The second-order valence-electron chi connectivity index (χ2n) is 8.39. The number of fused-ring (bicyclic) bond motifs is 1. The standard InChI is InChI=1S/C25H27N5O2S/c1-14(2)30-24-21(13-26-30)20(12-22(29-24)23-10-9-15(3)33-23)25(32)27-16(4)18-7-6-8-19(11-18)28-17(5)31/h6-14,16H,1-5H3,(H,27,32)(H,28,31). The molecule has 0 aliphatic carbocycles. The normalized spacial score (nSPS) is 12.2. The van der Waals surface area contributed by atoms with Crippen LogP contribution in [0.25, 0.3) is 21.6 Å². The van der Waals surface area contributed by atoms with E-state index in [0.29, 0.717) is 16.9 Å². The number of aromatic nitrogens is 3. The van der Waals surface area contributed by atoms with Gasteiger partial charge < -0.3 is 10.6 Å². The van der Waals surface area contributed by atoms with Crippen LogP contribution in [0, 0.1) is 6.92 Å². The van der Waals surface area contributed by atoms with Crippen molar-refractivity contribution < 1.29 is 9.59 Å². The minimum atomic E-state index is -0.262. The highest BCUT2D eigenvalue weighted by molar-refractivity contribution is 7.15. The Bertz CT molecular complexity index is 1340. The summed E-state index contributed by atoms with van der Waals surface area (Å²) in [6.07, 6.45) is 1.71. The number of nitrogens with zero attached hydrogens (tertiary/aromatic N) is 3. The second-order valence-corrected chi connectivity index (χ2v) is 9.68. The van der Waals surface area contributed by atoms with Crippen LogP contribution < -0.4 is 10.6 Å². The molecule has 0 fully saturated rings. The molecule has 1 aromatic carbocycles. The van der Waals surface area contributed by atoms with Gasteiger partial charge in [0.25, 0.3) is 5.91 Å². The van der Waals surface area contributed by atoms with Crippen molar-refractivity contribution in [3.05, 3.63) is 64.7 Å². The van der Waals surface area contributed by atoms with E-state index < -0.39 is 0 Å². The minimum Gasteiger partial charge on any atom is -0.345 e. The van der Waals surface area contributed by atoms with Crippen LogP contribution in [0.3, 0.4) is 0 Å². The van der Waals surface area contributed by atoms with Crippen LogP contribution in [-0.4, -0.2) is 26.6 Å². The Morgan fingerprint density at radius 2 is 1.88 bits per heavy atom. The summed E-state index contributed by atoms with van der Waals surface area (Å²) in [6.45, 7) is 9.52. The van der Waals surface area contributed by atoms with Gasteiger partial charge in [0.1, 0.15) is 0 Å². The summed E-state index contributed by atoms with van der Waals surface area (Å²) >= 11 is 1.65. The molecule has 0 bridgehead atoms. The van der Waals surface area contributed by atoms with Crippen LogP contribution >= 0.6 is 11.3 Å². The number of pyridine rings is 1. The number of nitrogens with one attached hydrogen (secondary N) is 2. The molecule has 3 aromatic heterocycles. The van der Waals surface area contributed by atoms with Crippen molar-refractivity contribution in [2.45, 2.75) is 46.7 Å². The number of hydrogen-bond donors (Lipinski definition) is 2. The predicted molar refractivity (Wildman–Crippen MR) is 133 cm³/mol. The summed E-state index contributed by atoms with van der Waals surface area (Å²) < 4.78 is 1.84. The van der Waals surface area contributed by atoms with Gasteiger partial charge >= 0.3 is 0 Å². The summed E-state index contributed by atoms with van der Waals surface area (Å²) in [6, 6.07) is 13.2. The maximum atomic E-state index is 13.4. The molecule has 4 aromatic rings. The van der Waals surface area contributed by atoms with E-state index in [1.165, 1.54) is 11.8 Å². The molecule has 33 heavy (non-hydrogen) atoms. The SMILES string of the molecule is CC(=O)Nc1cccc(C(C)NC(=O)c2cc(-c3ccc(C)s3)nc3c2cnn3C(C)C)c1. The number of anilines is 1. The zero-order valence-electron chi connectivity index (χ0n) is 19.3. The van der Waals surface area contributed by atoms with Crippen molar-refractivity contribution in [3.8, 4) is 10.6 Å². The first-order valence-corrected chi connectivity index (χ1v) is 11.7. The largest absolute Gasteiger partial charge is 0.345 e. The minimum absolute atomic E-state index is 0.113. The number of thiophene rings is 1. The number of benzene rings is 1. The molecular weight excluding hydrogens is 434 g/mol. The topological polar surface area (TPSA) is 88.9 Å². The molecule has 0 saturated heterocycles. The highest BCUT2D eigenvalue weighted by Gasteiger charge is 2.20. The predicted octanol–water partition coefficient (Wildman–Crippen LogP) is 5.50. The third kappa shape index (κ3) is 4.80. The smallest absolute Gasteiger partial charge is 0.252 e. The van der Waals surface area contributed by atoms with E-state index in [0.717, 1.165) is 21.5 Å². The Hall–Kier alpha value is -3.52. The molecule has 0 radical (unpaired) electrons. The van der Waals surface area contributed by atoms with Crippen molar-refractivity contribution in [1.29, 1.82) is 0 Å². The zero-order chi connectivity index (χ0) is 23.7. The van der Waals surface area contributed by atoms with E-state index in [1.807, 2.05) is 61.9 Å². The number of carbonyl (C=O) groups excluding carboxylic acids is 2. The zero-order valence-corrected chi connectivity index (χ0v) is 20.2.